The number of carbonyl (C=O) groups is 1. The van der Waals surface area contributed by atoms with E-state index in [2.05, 4.69) is 23.6 Å². The standard InChI is InChI=1S/C15H31N3O/c1-3-5-8-18(9-6-4-2)15(19)13-17-10-7-14(11-16)12-17/h14H,3-13,16H2,1-2H3. The van der Waals surface area contributed by atoms with Gasteiger partial charge in [0.05, 0.1) is 6.54 Å². The molecule has 1 aliphatic rings. The highest BCUT2D eigenvalue weighted by Crippen LogP contribution is 2.14. The highest BCUT2D eigenvalue weighted by atomic mass is 16.2. The summed E-state index contributed by atoms with van der Waals surface area (Å²) in [6.07, 6.45) is 5.67. The molecule has 1 rings (SSSR count). The third kappa shape index (κ3) is 5.91. The van der Waals surface area contributed by atoms with E-state index >= 15 is 0 Å². The first kappa shape index (κ1) is 16.4. The van der Waals surface area contributed by atoms with Crippen LogP contribution >= 0.6 is 0 Å². The van der Waals surface area contributed by atoms with E-state index in [-0.39, 0.29) is 0 Å². The Labute approximate surface area is 118 Å². The number of rotatable bonds is 9. The van der Waals surface area contributed by atoms with Crippen LogP contribution in [0.15, 0.2) is 0 Å². The Morgan fingerprint density at radius 2 is 1.89 bits per heavy atom. The molecule has 1 unspecified atom stereocenters. The van der Waals surface area contributed by atoms with E-state index in [1.54, 1.807) is 0 Å². The normalized spacial score (nSPS) is 19.8. The summed E-state index contributed by atoms with van der Waals surface area (Å²) in [6.45, 7) is 9.56. The van der Waals surface area contributed by atoms with Crippen molar-refractivity contribution in [2.24, 2.45) is 11.7 Å². The summed E-state index contributed by atoms with van der Waals surface area (Å²) in [6, 6.07) is 0. The molecule has 19 heavy (non-hydrogen) atoms. The van der Waals surface area contributed by atoms with Crippen molar-refractivity contribution in [1.82, 2.24) is 9.80 Å². The van der Waals surface area contributed by atoms with Gasteiger partial charge < -0.3 is 10.6 Å². The molecule has 4 heteroatoms. The minimum atomic E-state index is 0.305. The van der Waals surface area contributed by atoms with Gasteiger partial charge in [-0.1, -0.05) is 26.7 Å². The Kier molecular flexibility index (Phi) is 8.07. The highest BCUT2D eigenvalue weighted by molar-refractivity contribution is 5.78. The van der Waals surface area contributed by atoms with Gasteiger partial charge in [0.2, 0.25) is 5.91 Å². The SMILES string of the molecule is CCCCN(CCCC)C(=O)CN1CCC(CN)C1. The maximum Gasteiger partial charge on any atom is 0.236 e. The smallest absolute Gasteiger partial charge is 0.236 e. The molecule has 1 saturated heterocycles. The van der Waals surface area contributed by atoms with E-state index in [1.807, 2.05) is 0 Å². The molecule has 1 aliphatic heterocycles. The lowest BCUT2D eigenvalue weighted by Crippen LogP contribution is -2.40. The van der Waals surface area contributed by atoms with Gasteiger partial charge in [-0.3, -0.25) is 9.69 Å². The molecule has 0 aromatic heterocycles. The van der Waals surface area contributed by atoms with Gasteiger partial charge in [-0.25, -0.2) is 0 Å². The van der Waals surface area contributed by atoms with Crippen molar-refractivity contribution in [3.05, 3.63) is 0 Å². The van der Waals surface area contributed by atoms with Crippen molar-refractivity contribution in [2.45, 2.75) is 46.0 Å². The van der Waals surface area contributed by atoms with Crippen LogP contribution in [-0.4, -0.2) is 55.0 Å². The van der Waals surface area contributed by atoms with Crippen molar-refractivity contribution in [3.63, 3.8) is 0 Å². The lowest BCUT2D eigenvalue weighted by atomic mass is 10.1. The molecule has 0 saturated carbocycles. The minimum Gasteiger partial charge on any atom is -0.342 e. The number of unbranched alkanes of at least 4 members (excludes halogenated alkanes) is 2. The number of likely N-dealkylation sites (tertiary alicyclic amines) is 1. The molecule has 1 amide bonds. The van der Waals surface area contributed by atoms with Crippen LogP contribution in [0.3, 0.4) is 0 Å². The van der Waals surface area contributed by atoms with Crippen molar-refractivity contribution in [1.29, 1.82) is 0 Å². The average Bonchev–Trinajstić information content (AvgIpc) is 2.86. The summed E-state index contributed by atoms with van der Waals surface area (Å²) in [4.78, 5) is 16.7. The molecule has 0 spiro atoms. The van der Waals surface area contributed by atoms with Crippen LogP contribution in [0.2, 0.25) is 0 Å². The van der Waals surface area contributed by atoms with Gasteiger partial charge in [0.1, 0.15) is 0 Å². The number of nitrogens with two attached hydrogens (primary N) is 1. The van der Waals surface area contributed by atoms with Crippen LogP contribution in [0.4, 0.5) is 0 Å². The Hall–Kier alpha value is -0.610. The molecule has 1 atom stereocenters. The van der Waals surface area contributed by atoms with Crippen LogP contribution in [0.5, 0.6) is 0 Å². The van der Waals surface area contributed by atoms with Gasteiger partial charge in [-0.05, 0) is 38.3 Å². The predicted molar refractivity (Wildman–Crippen MR) is 80.0 cm³/mol. The number of nitrogens with zero attached hydrogens (tertiary/aromatic N) is 2. The third-order valence-corrected chi connectivity index (χ3v) is 3.98. The highest BCUT2D eigenvalue weighted by Gasteiger charge is 2.24. The Bertz CT molecular complexity index is 250. The second kappa shape index (κ2) is 9.32. The van der Waals surface area contributed by atoms with Gasteiger partial charge in [-0.15, -0.1) is 0 Å². The number of carbonyl (C=O) groups excluding carboxylic acids is 1. The Balaban J connectivity index is 2.37. The van der Waals surface area contributed by atoms with Crippen LogP contribution < -0.4 is 5.73 Å². The zero-order valence-electron chi connectivity index (χ0n) is 12.7. The number of hydrogen-bond donors (Lipinski definition) is 1. The molecule has 0 bridgehead atoms. The van der Waals surface area contributed by atoms with Crippen molar-refractivity contribution in [3.8, 4) is 0 Å². The van der Waals surface area contributed by atoms with Gasteiger partial charge in [0.25, 0.3) is 0 Å². The second-order valence-electron chi connectivity index (χ2n) is 5.71. The minimum absolute atomic E-state index is 0.305. The summed E-state index contributed by atoms with van der Waals surface area (Å²) >= 11 is 0. The summed E-state index contributed by atoms with van der Waals surface area (Å²) in [5, 5.41) is 0. The number of hydrogen-bond acceptors (Lipinski definition) is 3. The van der Waals surface area contributed by atoms with E-state index in [9.17, 15) is 4.79 Å². The van der Waals surface area contributed by atoms with E-state index < -0.39 is 0 Å². The fraction of sp³-hybridized carbons (Fsp3) is 0.933. The molecule has 112 valence electrons. The van der Waals surface area contributed by atoms with E-state index in [0.29, 0.717) is 18.4 Å². The first-order valence-electron chi connectivity index (χ1n) is 7.91. The molecule has 4 nitrogen and oxygen atoms in total. The summed E-state index contributed by atoms with van der Waals surface area (Å²) in [7, 11) is 0. The van der Waals surface area contributed by atoms with Gasteiger partial charge in [0.15, 0.2) is 0 Å². The lowest BCUT2D eigenvalue weighted by Gasteiger charge is -2.25. The first-order chi connectivity index (χ1) is 9.21. The molecule has 1 fully saturated rings. The summed E-state index contributed by atoms with van der Waals surface area (Å²) in [5.74, 6) is 0.895. The Morgan fingerprint density at radius 3 is 2.37 bits per heavy atom. The van der Waals surface area contributed by atoms with Gasteiger partial charge in [-0.2, -0.15) is 0 Å². The molecule has 0 aliphatic carbocycles. The molecular formula is C15H31N3O. The third-order valence-electron chi connectivity index (χ3n) is 3.98. The molecule has 1 heterocycles. The topological polar surface area (TPSA) is 49.6 Å². The van der Waals surface area contributed by atoms with Crippen LogP contribution in [0, 0.1) is 5.92 Å². The first-order valence-corrected chi connectivity index (χ1v) is 7.91. The molecule has 0 aromatic carbocycles. The van der Waals surface area contributed by atoms with E-state index in [0.717, 1.165) is 64.8 Å². The molecule has 0 radical (unpaired) electrons. The van der Waals surface area contributed by atoms with Crippen molar-refractivity contribution in [2.75, 3.05) is 39.3 Å². The van der Waals surface area contributed by atoms with E-state index in [4.69, 9.17) is 5.73 Å². The summed E-state index contributed by atoms with van der Waals surface area (Å²) in [5.41, 5.74) is 5.70. The Morgan fingerprint density at radius 1 is 1.26 bits per heavy atom. The van der Waals surface area contributed by atoms with Crippen molar-refractivity contribution >= 4 is 5.91 Å². The predicted octanol–water partition coefficient (Wildman–Crippen LogP) is 1.70. The largest absolute Gasteiger partial charge is 0.342 e. The fourth-order valence-electron chi connectivity index (χ4n) is 2.60. The number of amides is 1. The van der Waals surface area contributed by atoms with Crippen LogP contribution in [0.25, 0.3) is 0 Å². The molecule has 0 aromatic rings. The lowest BCUT2D eigenvalue weighted by molar-refractivity contribution is -0.132. The summed E-state index contributed by atoms with van der Waals surface area (Å²) < 4.78 is 0. The van der Waals surface area contributed by atoms with Gasteiger partial charge >= 0.3 is 0 Å². The van der Waals surface area contributed by atoms with Crippen molar-refractivity contribution < 1.29 is 4.79 Å². The zero-order valence-corrected chi connectivity index (χ0v) is 12.7. The maximum atomic E-state index is 12.4. The maximum absolute atomic E-state index is 12.4. The molecular weight excluding hydrogens is 238 g/mol. The van der Waals surface area contributed by atoms with E-state index in [1.165, 1.54) is 0 Å². The van der Waals surface area contributed by atoms with Crippen LogP contribution in [-0.2, 0) is 4.79 Å². The quantitative estimate of drug-likeness (QED) is 0.693. The fourth-order valence-corrected chi connectivity index (χ4v) is 2.60. The zero-order chi connectivity index (χ0) is 14.1. The second-order valence-corrected chi connectivity index (χ2v) is 5.71. The molecule has 2 N–H and O–H groups in total. The monoisotopic (exact) mass is 269 g/mol. The average molecular weight is 269 g/mol. The van der Waals surface area contributed by atoms with Crippen LogP contribution in [0.1, 0.15) is 46.0 Å². The van der Waals surface area contributed by atoms with Gasteiger partial charge in [0, 0.05) is 19.6 Å².